The molecule has 0 bridgehead atoms. The molecule has 3 aromatic rings. The lowest BCUT2D eigenvalue weighted by Crippen LogP contribution is -2.72. The second-order valence-corrected chi connectivity index (χ2v) is 8.99. The number of piperazine rings is 1. The molecule has 174 valence electrons. The summed E-state index contributed by atoms with van der Waals surface area (Å²) in [6, 6.07) is 25.9. The first-order valence-electron chi connectivity index (χ1n) is 11.6. The van der Waals surface area contributed by atoms with Crippen LogP contribution in [0.3, 0.4) is 0 Å². The maximum Gasteiger partial charge on any atom is 0.337 e. The average molecular weight is 457 g/mol. The van der Waals surface area contributed by atoms with Gasteiger partial charge in [-0.2, -0.15) is 0 Å². The maximum atomic E-state index is 12.9. The number of fused-ring (bicyclic) bond motifs is 1. The molecule has 5 rings (SSSR count). The fourth-order valence-electron chi connectivity index (χ4n) is 5.34. The van der Waals surface area contributed by atoms with Gasteiger partial charge >= 0.3 is 5.97 Å². The number of rotatable bonds is 6. The summed E-state index contributed by atoms with van der Waals surface area (Å²) in [6.45, 7) is 1.65. The fraction of sp³-hybridized carbons (Fsp3) is 0.286. The third-order valence-electron chi connectivity index (χ3n) is 7.01. The van der Waals surface area contributed by atoms with Crippen LogP contribution in [0.4, 0.5) is 0 Å². The zero-order valence-electron chi connectivity index (χ0n) is 19.1. The first kappa shape index (κ1) is 22.3. The highest BCUT2D eigenvalue weighted by Gasteiger charge is 2.53. The molecule has 2 heterocycles. The third-order valence-corrected chi connectivity index (χ3v) is 7.01. The smallest absolute Gasteiger partial charge is 0.337 e. The van der Waals surface area contributed by atoms with Crippen LogP contribution in [0.5, 0.6) is 0 Å². The van der Waals surface area contributed by atoms with Gasteiger partial charge in [0.2, 0.25) is 5.91 Å². The highest BCUT2D eigenvalue weighted by molar-refractivity contribution is 5.89. The molecule has 0 saturated carbocycles. The van der Waals surface area contributed by atoms with Gasteiger partial charge < -0.3 is 14.7 Å². The number of amides is 1. The molecule has 0 unspecified atom stereocenters. The van der Waals surface area contributed by atoms with Gasteiger partial charge in [-0.1, -0.05) is 66.7 Å². The maximum absolute atomic E-state index is 12.9. The molecule has 34 heavy (non-hydrogen) atoms. The standard InChI is InChI=1S/C28H28N2O4/c1-34-28(33)23-9-7-19(8-10-23)15-29-16-24-27(25(18-31)30(24)26(32)17-29)22-13-11-21(12-14-22)20-5-3-2-4-6-20/h2-14,24-25,27,31H,15-18H2,1H3/t24-,25+,27+/m0/s1. The summed E-state index contributed by atoms with van der Waals surface area (Å²) in [7, 11) is 1.37. The summed E-state index contributed by atoms with van der Waals surface area (Å²) in [5, 5.41) is 10.1. The number of aliphatic hydroxyl groups is 1. The SMILES string of the molecule is COC(=O)c1ccc(CN2CC(=O)N3[C@H](CO)[C@H](c4ccc(-c5ccccc5)cc4)[C@@H]3C2)cc1. The van der Waals surface area contributed by atoms with E-state index in [0.717, 1.165) is 23.2 Å². The summed E-state index contributed by atoms with van der Waals surface area (Å²) in [5.74, 6) is -0.206. The van der Waals surface area contributed by atoms with E-state index in [1.54, 1.807) is 12.1 Å². The first-order chi connectivity index (χ1) is 16.6. The van der Waals surface area contributed by atoms with Crippen molar-refractivity contribution < 1.29 is 19.4 Å². The zero-order chi connectivity index (χ0) is 23.7. The van der Waals surface area contributed by atoms with Gasteiger partial charge in [0.05, 0.1) is 37.9 Å². The van der Waals surface area contributed by atoms with E-state index in [1.807, 2.05) is 35.2 Å². The number of carbonyl (C=O) groups is 2. The Morgan fingerprint density at radius 1 is 0.971 bits per heavy atom. The van der Waals surface area contributed by atoms with Crippen LogP contribution < -0.4 is 0 Å². The number of ether oxygens (including phenoxy) is 1. The van der Waals surface area contributed by atoms with E-state index in [4.69, 9.17) is 4.74 Å². The average Bonchev–Trinajstić information content (AvgIpc) is 2.86. The highest BCUT2D eigenvalue weighted by Crippen LogP contribution is 2.43. The Labute approximate surface area is 199 Å². The molecule has 1 amide bonds. The Kier molecular flexibility index (Phi) is 6.18. The van der Waals surface area contributed by atoms with Crippen molar-refractivity contribution in [1.29, 1.82) is 0 Å². The van der Waals surface area contributed by atoms with Gasteiger partial charge in [-0.05, 0) is 34.4 Å². The number of nitrogens with zero attached hydrogens (tertiary/aromatic N) is 2. The lowest BCUT2D eigenvalue weighted by molar-refractivity contribution is -0.162. The molecular weight excluding hydrogens is 428 g/mol. The van der Waals surface area contributed by atoms with Crippen LogP contribution in [0, 0.1) is 0 Å². The summed E-state index contributed by atoms with van der Waals surface area (Å²) < 4.78 is 4.76. The number of aliphatic hydroxyl groups excluding tert-OH is 1. The Hall–Kier alpha value is -3.48. The van der Waals surface area contributed by atoms with Crippen molar-refractivity contribution in [3.05, 3.63) is 95.6 Å². The monoisotopic (exact) mass is 456 g/mol. The van der Waals surface area contributed by atoms with Crippen LogP contribution in [-0.4, -0.2) is 65.7 Å². The van der Waals surface area contributed by atoms with Gasteiger partial charge in [0.15, 0.2) is 0 Å². The lowest BCUT2D eigenvalue weighted by Gasteiger charge is -2.59. The van der Waals surface area contributed by atoms with E-state index in [1.165, 1.54) is 12.7 Å². The summed E-state index contributed by atoms with van der Waals surface area (Å²) >= 11 is 0. The number of carbonyl (C=O) groups excluding carboxylic acids is 2. The molecule has 6 heteroatoms. The topological polar surface area (TPSA) is 70.1 Å². The lowest BCUT2D eigenvalue weighted by atomic mass is 9.73. The van der Waals surface area contributed by atoms with Crippen LogP contribution in [0.2, 0.25) is 0 Å². The van der Waals surface area contributed by atoms with E-state index in [-0.39, 0.29) is 36.5 Å². The van der Waals surface area contributed by atoms with E-state index in [0.29, 0.717) is 18.7 Å². The minimum absolute atomic E-state index is 0.0373. The van der Waals surface area contributed by atoms with Crippen molar-refractivity contribution in [2.24, 2.45) is 0 Å². The molecule has 1 N–H and O–H groups in total. The van der Waals surface area contributed by atoms with E-state index >= 15 is 0 Å². The Morgan fingerprint density at radius 3 is 2.29 bits per heavy atom. The molecule has 0 aliphatic carbocycles. The molecule has 0 radical (unpaired) electrons. The normalized spacial score (nSPS) is 22.1. The van der Waals surface area contributed by atoms with Crippen molar-refractivity contribution >= 4 is 11.9 Å². The van der Waals surface area contributed by atoms with Gasteiger partial charge in [0.1, 0.15) is 0 Å². The van der Waals surface area contributed by atoms with E-state index in [9.17, 15) is 14.7 Å². The Morgan fingerprint density at radius 2 is 1.65 bits per heavy atom. The highest BCUT2D eigenvalue weighted by atomic mass is 16.5. The van der Waals surface area contributed by atoms with Crippen LogP contribution in [0.1, 0.15) is 27.4 Å². The second kappa shape index (κ2) is 9.41. The second-order valence-electron chi connectivity index (χ2n) is 8.99. The van der Waals surface area contributed by atoms with Crippen molar-refractivity contribution in [3.8, 4) is 11.1 Å². The van der Waals surface area contributed by atoms with Gasteiger partial charge in [0, 0.05) is 19.0 Å². The molecule has 2 saturated heterocycles. The molecule has 3 atom stereocenters. The first-order valence-corrected chi connectivity index (χ1v) is 11.6. The molecule has 0 spiro atoms. The minimum atomic E-state index is -0.360. The Bertz CT molecular complexity index is 1160. The molecule has 2 fully saturated rings. The van der Waals surface area contributed by atoms with E-state index < -0.39 is 0 Å². The third kappa shape index (κ3) is 4.11. The zero-order valence-corrected chi connectivity index (χ0v) is 19.1. The minimum Gasteiger partial charge on any atom is -0.465 e. The van der Waals surface area contributed by atoms with Crippen molar-refractivity contribution in [3.63, 3.8) is 0 Å². The molecule has 2 aliphatic heterocycles. The number of benzene rings is 3. The summed E-state index contributed by atoms with van der Waals surface area (Å²) in [6.07, 6.45) is 0. The van der Waals surface area contributed by atoms with Gasteiger partial charge in [-0.25, -0.2) is 4.79 Å². The van der Waals surface area contributed by atoms with Crippen LogP contribution in [-0.2, 0) is 16.1 Å². The molecule has 0 aromatic heterocycles. The predicted octanol–water partition coefficient (Wildman–Crippen LogP) is 3.31. The summed E-state index contributed by atoms with van der Waals surface area (Å²) in [4.78, 5) is 28.6. The van der Waals surface area contributed by atoms with Crippen LogP contribution >= 0.6 is 0 Å². The van der Waals surface area contributed by atoms with Crippen molar-refractivity contribution in [2.75, 3.05) is 26.8 Å². The van der Waals surface area contributed by atoms with Crippen molar-refractivity contribution in [2.45, 2.75) is 24.5 Å². The van der Waals surface area contributed by atoms with Crippen molar-refractivity contribution in [1.82, 2.24) is 9.80 Å². The molecular formula is C28H28N2O4. The molecule has 3 aromatic carbocycles. The van der Waals surface area contributed by atoms with Crippen LogP contribution in [0.15, 0.2) is 78.9 Å². The van der Waals surface area contributed by atoms with Gasteiger partial charge in [0.25, 0.3) is 0 Å². The van der Waals surface area contributed by atoms with Gasteiger partial charge in [-0.3, -0.25) is 9.69 Å². The quantitative estimate of drug-likeness (QED) is 0.577. The predicted molar refractivity (Wildman–Crippen MR) is 129 cm³/mol. The van der Waals surface area contributed by atoms with E-state index in [2.05, 4.69) is 41.3 Å². The number of hydrogen-bond acceptors (Lipinski definition) is 5. The molecule has 6 nitrogen and oxygen atoms in total. The largest absolute Gasteiger partial charge is 0.465 e. The fourth-order valence-corrected chi connectivity index (χ4v) is 5.34. The summed E-state index contributed by atoms with van der Waals surface area (Å²) in [5.41, 5.74) is 5.02. The van der Waals surface area contributed by atoms with Crippen LogP contribution in [0.25, 0.3) is 11.1 Å². The molecule has 2 aliphatic rings. The number of esters is 1. The number of methoxy groups -OCH3 is 1. The number of hydrogen-bond donors (Lipinski definition) is 1. The van der Waals surface area contributed by atoms with Gasteiger partial charge in [-0.15, -0.1) is 0 Å². The Balaban J connectivity index is 1.31.